The number of carbonyl (C=O) groups excluding carboxylic acids is 2. The van der Waals surface area contributed by atoms with Gasteiger partial charge in [-0.25, -0.2) is 14.8 Å². The molecule has 11 nitrogen and oxygen atoms in total. The Balaban J connectivity index is 1.50. The summed E-state index contributed by atoms with van der Waals surface area (Å²) < 4.78 is 0. The summed E-state index contributed by atoms with van der Waals surface area (Å²) in [4.78, 5) is 47.4. The molecule has 2 unspecified atom stereocenters. The molecule has 3 aliphatic rings. The summed E-state index contributed by atoms with van der Waals surface area (Å²) in [6.45, 7) is 3.95. The van der Waals surface area contributed by atoms with E-state index in [1.165, 1.54) is 16.7 Å². The lowest BCUT2D eigenvalue weighted by atomic mass is 9.79. The zero-order chi connectivity index (χ0) is 23.3. The van der Waals surface area contributed by atoms with E-state index >= 15 is 0 Å². The van der Waals surface area contributed by atoms with Gasteiger partial charge in [0.25, 0.3) is 0 Å². The topological polar surface area (TPSA) is 142 Å². The van der Waals surface area contributed by atoms with Crippen LogP contribution in [-0.4, -0.2) is 92.3 Å². The van der Waals surface area contributed by atoms with Crippen LogP contribution in [0.4, 0.5) is 11.8 Å². The number of rotatable bonds is 8. The number of imidazole rings is 1. The number of carboxylic acids is 1. The highest BCUT2D eigenvalue weighted by atomic mass is 32.2. The Morgan fingerprint density at radius 3 is 2.75 bits per heavy atom. The van der Waals surface area contributed by atoms with Crippen LogP contribution >= 0.6 is 11.8 Å². The van der Waals surface area contributed by atoms with Gasteiger partial charge in [0.15, 0.2) is 0 Å². The van der Waals surface area contributed by atoms with Gasteiger partial charge >= 0.3 is 5.97 Å². The van der Waals surface area contributed by atoms with Crippen LogP contribution in [0.15, 0.2) is 16.8 Å². The fraction of sp³-hybridized carbons (Fsp3) is 0.600. The number of β-lactam (4-membered cyclic amide) rings is 1. The molecule has 0 bridgehead atoms. The van der Waals surface area contributed by atoms with E-state index < -0.39 is 24.0 Å². The summed E-state index contributed by atoms with van der Waals surface area (Å²) in [5.41, 5.74) is 3.15. The van der Waals surface area contributed by atoms with Crippen molar-refractivity contribution < 1.29 is 24.6 Å². The Morgan fingerprint density at radius 2 is 2.19 bits per heavy atom. The van der Waals surface area contributed by atoms with Gasteiger partial charge in [0.05, 0.1) is 30.3 Å². The zero-order valence-electron chi connectivity index (χ0n) is 18.3. The van der Waals surface area contributed by atoms with Crippen LogP contribution in [0.3, 0.4) is 0 Å². The van der Waals surface area contributed by atoms with Crippen molar-refractivity contribution in [3.05, 3.63) is 16.8 Å². The van der Waals surface area contributed by atoms with Crippen LogP contribution in [0.5, 0.6) is 0 Å². The lowest BCUT2D eigenvalue weighted by Gasteiger charge is -2.46. The molecule has 0 saturated carbocycles. The summed E-state index contributed by atoms with van der Waals surface area (Å²) in [5.74, 6) is -0.955. The smallest absolute Gasteiger partial charge is 0.353 e. The van der Waals surface area contributed by atoms with Crippen molar-refractivity contribution in [1.29, 1.82) is 0 Å². The van der Waals surface area contributed by atoms with E-state index in [0.717, 1.165) is 12.1 Å². The fourth-order valence-electron chi connectivity index (χ4n) is 4.76. The minimum Gasteiger partial charge on any atom is -0.477 e. The van der Waals surface area contributed by atoms with Gasteiger partial charge in [0.1, 0.15) is 17.8 Å². The first-order valence-electron chi connectivity index (χ1n) is 10.5. The quantitative estimate of drug-likeness (QED) is 0.314. The molecule has 32 heavy (non-hydrogen) atoms. The van der Waals surface area contributed by atoms with Crippen molar-refractivity contribution in [2.45, 2.75) is 43.7 Å². The molecule has 1 aromatic heterocycles. The number of aromatic amines is 1. The van der Waals surface area contributed by atoms with Gasteiger partial charge in [-0.3, -0.25) is 10.2 Å². The molecule has 0 spiro atoms. The Kier molecular flexibility index (Phi) is 5.94. The molecule has 174 valence electrons. The third-order valence-electron chi connectivity index (χ3n) is 6.36. The molecule has 4 rings (SSSR count). The van der Waals surface area contributed by atoms with E-state index in [2.05, 4.69) is 15.4 Å². The Labute approximate surface area is 189 Å². The number of hydrazine groups is 1. The van der Waals surface area contributed by atoms with Crippen molar-refractivity contribution in [1.82, 2.24) is 19.9 Å². The summed E-state index contributed by atoms with van der Waals surface area (Å²) >= 11 is 1.41. The lowest BCUT2D eigenvalue weighted by Crippen LogP contribution is -2.63. The Hall–Kier alpha value is -2.57. The Morgan fingerprint density at radius 1 is 1.47 bits per heavy atom. The molecule has 12 heteroatoms. The first-order valence-corrected chi connectivity index (χ1v) is 11.4. The van der Waals surface area contributed by atoms with Gasteiger partial charge < -0.3 is 29.8 Å². The third-order valence-corrected chi connectivity index (χ3v) is 7.85. The standard InChI is InChI=1S/C20H28N6O5S/c1-9-15-14(10(2)28)18(29)26(15)16(19(30)31)17(9)32-12-5-11(8-27)25(7-12)23-20-21-6-13(22-20)24(3)4/h6,8-12,14-15,28H,5,7H2,1-4H3,(H,30,31)(H2,21,22,23)/t9-,10+,11-,12?,14?,15+/m0/s1. The van der Waals surface area contributed by atoms with Gasteiger partial charge in [-0.1, -0.05) is 6.92 Å². The third kappa shape index (κ3) is 3.65. The maximum Gasteiger partial charge on any atom is 0.353 e. The fourth-order valence-corrected chi connectivity index (χ4v) is 6.30. The van der Waals surface area contributed by atoms with Crippen LogP contribution in [0.2, 0.25) is 0 Å². The number of thioether (sulfide) groups is 1. The van der Waals surface area contributed by atoms with Crippen molar-refractivity contribution in [3.8, 4) is 0 Å². The number of amides is 1. The average molecular weight is 465 g/mol. The molecule has 0 aromatic carbocycles. The highest BCUT2D eigenvalue weighted by Crippen LogP contribution is 2.52. The molecule has 3 aliphatic heterocycles. The number of H-pyrrole nitrogens is 1. The van der Waals surface area contributed by atoms with Crippen LogP contribution in [0.1, 0.15) is 20.3 Å². The predicted molar refractivity (Wildman–Crippen MR) is 119 cm³/mol. The van der Waals surface area contributed by atoms with Crippen molar-refractivity contribution in [2.24, 2.45) is 11.8 Å². The Bertz CT molecular complexity index is 962. The number of hydrogen-bond donors (Lipinski definition) is 4. The van der Waals surface area contributed by atoms with Crippen molar-refractivity contribution in [3.63, 3.8) is 0 Å². The first-order chi connectivity index (χ1) is 15.1. The highest BCUT2D eigenvalue weighted by Gasteiger charge is 2.60. The second-order valence-corrected chi connectivity index (χ2v) is 10.1. The van der Waals surface area contributed by atoms with Crippen molar-refractivity contribution >= 4 is 41.7 Å². The van der Waals surface area contributed by atoms with Gasteiger partial charge in [-0.15, -0.1) is 11.8 Å². The van der Waals surface area contributed by atoms with E-state index in [1.807, 2.05) is 25.9 Å². The van der Waals surface area contributed by atoms with Crippen LogP contribution in [-0.2, 0) is 14.4 Å². The number of aliphatic carboxylic acids is 1. The summed E-state index contributed by atoms with van der Waals surface area (Å²) in [6, 6.07) is -0.740. The predicted octanol–water partition coefficient (Wildman–Crippen LogP) is 0.331. The largest absolute Gasteiger partial charge is 0.477 e. The molecular weight excluding hydrogens is 436 g/mol. The van der Waals surface area contributed by atoms with Gasteiger partial charge in [0.2, 0.25) is 11.9 Å². The number of hydrogen-bond acceptors (Lipinski definition) is 9. The molecule has 2 fully saturated rings. The summed E-state index contributed by atoms with van der Waals surface area (Å²) in [7, 11) is 3.78. The number of aldehydes is 1. The molecule has 1 amide bonds. The molecule has 0 radical (unpaired) electrons. The maximum atomic E-state index is 12.5. The van der Waals surface area contributed by atoms with E-state index in [4.69, 9.17) is 0 Å². The van der Waals surface area contributed by atoms with Crippen LogP contribution in [0, 0.1) is 11.8 Å². The van der Waals surface area contributed by atoms with Gasteiger partial charge in [-0.2, -0.15) is 0 Å². The van der Waals surface area contributed by atoms with Crippen LogP contribution in [0.25, 0.3) is 0 Å². The summed E-state index contributed by atoms with van der Waals surface area (Å²) in [5, 5.41) is 21.5. The number of aliphatic hydroxyl groups is 1. The van der Waals surface area contributed by atoms with Crippen LogP contribution < -0.4 is 10.3 Å². The highest BCUT2D eigenvalue weighted by molar-refractivity contribution is 8.03. The SMILES string of the molecule is C[C@@H]1C(SC2C[C@@H](C=O)N(Nc3ncc(N(C)C)[nH]3)C2)=C(C(=O)O)N2C(=O)C([C@@H](C)O)[C@@H]12. The molecule has 1 aromatic rings. The molecule has 4 heterocycles. The number of aromatic nitrogens is 2. The normalized spacial score (nSPS) is 30.8. The molecule has 4 N–H and O–H groups in total. The van der Waals surface area contributed by atoms with Gasteiger partial charge in [-0.05, 0) is 13.3 Å². The minimum atomic E-state index is -1.15. The molecule has 6 atom stereocenters. The van der Waals surface area contributed by atoms with E-state index in [9.17, 15) is 24.6 Å². The number of anilines is 2. The van der Waals surface area contributed by atoms with E-state index in [-0.39, 0.29) is 28.8 Å². The minimum absolute atomic E-state index is 0.00474. The number of carboxylic acid groups (broad SMARTS) is 1. The summed E-state index contributed by atoms with van der Waals surface area (Å²) in [6.07, 6.45) is 2.25. The first kappa shape index (κ1) is 22.6. The molecular formula is C20H28N6O5S. The second kappa shape index (κ2) is 8.41. The zero-order valence-corrected chi connectivity index (χ0v) is 19.2. The lowest BCUT2D eigenvalue weighted by molar-refractivity contribution is -0.163. The van der Waals surface area contributed by atoms with E-state index in [0.29, 0.717) is 23.8 Å². The number of carbonyl (C=O) groups is 3. The molecule has 2 saturated heterocycles. The second-order valence-electron chi connectivity index (χ2n) is 8.73. The van der Waals surface area contributed by atoms with Crippen molar-refractivity contribution in [2.75, 3.05) is 31.0 Å². The van der Waals surface area contributed by atoms with E-state index in [1.54, 1.807) is 18.1 Å². The number of aliphatic hydroxyl groups excluding tert-OH is 1. The average Bonchev–Trinajstić information content (AvgIpc) is 3.39. The molecule has 0 aliphatic carbocycles. The maximum absolute atomic E-state index is 12.5. The monoisotopic (exact) mass is 464 g/mol. The number of fused-ring (bicyclic) bond motifs is 1. The number of nitrogens with zero attached hydrogens (tertiary/aromatic N) is 4. The van der Waals surface area contributed by atoms with Gasteiger partial charge in [0, 0.05) is 36.7 Å². The number of nitrogens with one attached hydrogen (secondary N) is 2.